The molecule has 0 aromatic heterocycles. The monoisotopic (exact) mass is 259 g/mol. The lowest BCUT2D eigenvalue weighted by Crippen LogP contribution is -2.50. The fraction of sp³-hybridized carbons (Fsp3) is 0.727. The molecule has 1 unspecified atom stereocenters. The van der Waals surface area contributed by atoms with Gasteiger partial charge in [-0.25, -0.2) is 4.79 Å². The fourth-order valence-corrected chi connectivity index (χ4v) is 1.27. The maximum absolute atomic E-state index is 11.9. The summed E-state index contributed by atoms with van der Waals surface area (Å²) >= 11 is 0. The van der Waals surface area contributed by atoms with Gasteiger partial charge in [-0.2, -0.15) is 0 Å². The first-order valence-corrected chi connectivity index (χ1v) is 5.79. The van der Waals surface area contributed by atoms with Crippen molar-refractivity contribution in [1.82, 2.24) is 5.32 Å². The Hall–Kier alpha value is -1.63. The molecule has 0 heterocycles. The smallest absolute Gasteiger partial charge is 0.326 e. The molecule has 0 spiro atoms. The van der Waals surface area contributed by atoms with E-state index in [0.29, 0.717) is 6.42 Å². The van der Waals surface area contributed by atoms with Crippen LogP contribution in [0, 0.1) is 5.41 Å². The number of nitrogens with one attached hydrogen (secondary N) is 1. The van der Waals surface area contributed by atoms with Crippen molar-refractivity contribution >= 4 is 17.8 Å². The molecule has 0 radical (unpaired) electrons. The van der Waals surface area contributed by atoms with Crippen LogP contribution in [0.25, 0.3) is 0 Å². The second-order valence-electron chi connectivity index (χ2n) is 4.49. The van der Waals surface area contributed by atoms with Crippen molar-refractivity contribution in [1.29, 1.82) is 0 Å². The number of hydrogen-bond acceptors (Lipinski definition) is 4. The molecule has 0 saturated heterocycles. The van der Waals surface area contributed by atoms with E-state index in [1.807, 2.05) is 0 Å². The third-order valence-corrected chi connectivity index (χ3v) is 3.06. The van der Waals surface area contributed by atoms with Gasteiger partial charge in [-0.15, -0.1) is 0 Å². The molecule has 0 fully saturated rings. The van der Waals surface area contributed by atoms with Gasteiger partial charge in [-0.3, -0.25) is 9.59 Å². The number of aliphatic carboxylic acids is 1. The van der Waals surface area contributed by atoms with Crippen molar-refractivity contribution in [3.05, 3.63) is 0 Å². The van der Waals surface area contributed by atoms with E-state index in [9.17, 15) is 14.4 Å². The molecule has 0 aliphatic carbocycles. The molecule has 0 aliphatic rings. The van der Waals surface area contributed by atoms with Crippen LogP contribution in [0.5, 0.6) is 0 Å². The first-order chi connectivity index (χ1) is 8.26. The molecule has 0 saturated carbocycles. The molecule has 7 nitrogen and oxygen atoms in total. The Balaban J connectivity index is 4.63. The van der Waals surface area contributed by atoms with E-state index in [1.54, 1.807) is 13.8 Å². The molecule has 6 N–H and O–H groups in total. The summed E-state index contributed by atoms with van der Waals surface area (Å²) in [6, 6.07) is -1.12. The highest BCUT2D eigenvalue weighted by Gasteiger charge is 2.32. The summed E-state index contributed by atoms with van der Waals surface area (Å²) in [6.45, 7) is 3.58. The summed E-state index contributed by atoms with van der Waals surface area (Å²) in [5.41, 5.74) is 9.65. The van der Waals surface area contributed by atoms with Crippen LogP contribution in [0.1, 0.15) is 33.1 Å². The quantitative estimate of drug-likeness (QED) is 0.452. The molecule has 104 valence electrons. The molecule has 0 aromatic carbocycles. The third kappa shape index (κ3) is 4.70. The minimum absolute atomic E-state index is 0.0270. The van der Waals surface area contributed by atoms with Gasteiger partial charge < -0.3 is 21.9 Å². The largest absolute Gasteiger partial charge is 0.480 e. The van der Waals surface area contributed by atoms with Gasteiger partial charge in [0.05, 0.1) is 5.41 Å². The van der Waals surface area contributed by atoms with Gasteiger partial charge in [0.1, 0.15) is 6.04 Å². The Labute approximate surface area is 106 Å². The number of carbonyl (C=O) groups excluding carboxylic acids is 2. The molecule has 0 aromatic rings. The highest BCUT2D eigenvalue weighted by atomic mass is 16.4. The van der Waals surface area contributed by atoms with Gasteiger partial charge in [-0.05, 0) is 19.8 Å². The van der Waals surface area contributed by atoms with Crippen LogP contribution in [0.4, 0.5) is 0 Å². The zero-order chi connectivity index (χ0) is 14.3. The average molecular weight is 259 g/mol. The normalized spacial score (nSPS) is 15.5. The minimum atomic E-state index is -1.19. The second kappa shape index (κ2) is 6.95. The number of carboxylic acids is 1. The van der Waals surface area contributed by atoms with Crippen LogP contribution in [-0.4, -0.2) is 35.5 Å². The average Bonchev–Trinajstić information content (AvgIpc) is 2.32. The maximum atomic E-state index is 11.9. The van der Waals surface area contributed by atoms with Crippen LogP contribution in [0.3, 0.4) is 0 Å². The first-order valence-electron chi connectivity index (χ1n) is 5.79. The molecular weight excluding hydrogens is 238 g/mol. The van der Waals surface area contributed by atoms with Crippen LogP contribution < -0.4 is 16.8 Å². The maximum Gasteiger partial charge on any atom is 0.326 e. The third-order valence-electron chi connectivity index (χ3n) is 3.06. The zero-order valence-electron chi connectivity index (χ0n) is 10.7. The van der Waals surface area contributed by atoms with Crippen molar-refractivity contribution in [2.24, 2.45) is 16.9 Å². The zero-order valence-corrected chi connectivity index (χ0v) is 10.7. The van der Waals surface area contributed by atoms with E-state index in [0.717, 1.165) is 0 Å². The van der Waals surface area contributed by atoms with E-state index in [4.69, 9.17) is 16.6 Å². The molecule has 2 amide bonds. The Kier molecular flexibility index (Phi) is 6.32. The van der Waals surface area contributed by atoms with Crippen molar-refractivity contribution in [2.75, 3.05) is 6.54 Å². The number of carbonyl (C=O) groups is 3. The van der Waals surface area contributed by atoms with E-state index < -0.39 is 29.2 Å². The number of rotatable bonds is 8. The highest BCUT2D eigenvalue weighted by molar-refractivity contribution is 5.87. The molecule has 0 bridgehead atoms. The number of primary amides is 1. The molecular formula is C11H21N3O4. The molecule has 0 aliphatic heterocycles. The van der Waals surface area contributed by atoms with Crippen molar-refractivity contribution in [2.45, 2.75) is 39.2 Å². The molecule has 7 heteroatoms. The highest BCUT2D eigenvalue weighted by Crippen LogP contribution is 2.19. The van der Waals surface area contributed by atoms with Crippen LogP contribution in [-0.2, 0) is 14.4 Å². The standard InChI is InChI=1S/C11H21N3O4/c1-3-11(2,6-12)10(18)14-7(9(16)17)4-5-8(13)15/h7H,3-6,12H2,1-2H3,(H2,13,15)(H,14,18)(H,16,17)/t7-,11?/m0/s1. The summed E-state index contributed by atoms with van der Waals surface area (Å²) < 4.78 is 0. The van der Waals surface area contributed by atoms with Gasteiger partial charge in [0, 0.05) is 13.0 Å². The SMILES string of the molecule is CCC(C)(CN)C(=O)N[C@@H](CCC(N)=O)C(=O)O. The number of carboxylic acid groups (broad SMARTS) is 1. The van der Waals surface area contributed by atoms with Crippen LogP contribution in [0.15, 0.2) is 0 Å². The van der Waals surface area contributed by atoms with Gasteiger partial charge in [0.25, 0.3) is 0 Å². The van der Waals surface area contributed by atoms with Crippen LogP contribution in [0.2, 0.25) is 0 Å². The van der Waals surface area contributed by atoms with Gasteiger partial charge in [0.2, 0.25) is 11.8 Å². The molecule has 0 rings (SSSR count). The summed E-state index contributed by atoms with van der Waals surface area (Å²) in [6.07, 6.45) is 0.376. The molecule has 18 heavy (non-hydrogen) atoms. The number of nitrogens with two attached hydrogens (primary N) is 2. The van der Waals surface area contributed by atoms with Crippen molar-refractivity contribution in [3.63, 3.8) is 0 Å². The lowest BCUT2D eigenvalue weighted by atomic mass is 9.86. The Bertz CT molecular complexity index is 326. The Morgan fingerprint density at radius 2 is 1.94 bits per heavy atom. The minimum Gasteiger partial charge on any atom is -0.480 e. The number of amides is 2. The Morgan fingerprint density at radius 3 is 2.28 bits per heavy atom. The number of hydrogen-bond donors (Lipinski definition) is 4. The van der Waals surface area contributed by atoms with E-state index in [1.165, 1.54) is 0 Å². The summed E-state index contributed by atoms with van der Waals surface area (Å²) in [7, 11) is 0. The van der Waals surface area contributed by atoms with Gasteiger partial charge in [-0.1, -0.05) is 6.92 Å². The second-order valence-corrected chi connectivity index (χ2v) is 4.49. The lowest BCUT2D eigenvalue weighted by Gasteiger charge is -2.27. The fourth-order valence-electron chi connectivity index (χ4n) is 1.27. The van der Waals surface area contributed by atoms with Gasteiger partial charge >= 0.3 is 5.97 Å². The Morgan fingerprint density at radius 1 is 1.39 bits per heavy atom. The lowest BCUT2D eigenvalue weighted by molar-refractivity contribution is -0.144. The van der Waals surface area contributed by atoms with Gasteiger partial charge in [0.15, 0.2) is 0 Å². The summed E-state index contributed by atoms with van der Waals surface area (Å²) in [4.78, 5) is 33.5. The van der Waals surface area contributed by atoms with Crippen LogP contribution >= 0.6 is 0 Å². The first kappa shape index (κ1) is 16.4. The summed E-state index contributed by atoms with van der Waals surface area (Å²) in [5.74, 6) is -2.22. The topological polar surface area (TPSA) is 136 Å². The molecule has 2 atom stereocenters. The van der Waals surface area contributed by atoms with E-state index in [-0.39, 0.29) is 19.4 Å². The van der Waals surface area contributed by atoms with E-state index in [2.05, 4.69) is 5.32 Å². The summed E-state index contributed by atoms with van der Waals surface area (Å²) in [5, 5.41) is 11.3. The van der Waals surface area contributed by atoms with Crippen molar-refractivity contribution < 1.29 is 19.5 Å². The van der Waals surface area contributed by atoms with E-state index >= 15 is 0 Å². The van der Waals surface area contributed by atoms with Crippen molar-refractivity contribution in [3.8, 4) is 0 Å². The predicted molar refractivity (Wildman–Crippen MR) is 65.4 cm³/mol. The predicted octanol–water partition coefficient (Wildman–Crippen LogP) is -0.804.